The summed E-state index contributed by atoms with van der Waals surface area (Å²) in [5.41, 5.74) is 0.427. The Balaban J connectivity index is 2.63. The van der Waals surface area contributed by atoms with Gasteiger partial charge in [-0.15, -0.1) is 0 Å². The van der Waals surface area contributed by atoms with Crippen LogP contribution in [0.25, 0.3) is 0 Å². The zero-order valence-electron chi connectivity index (χ0n) is 8.22. The molecular weight excluding hydrogens is 265 g/mol. The molecule has 3 nitrogen and oxygen atoms in total. The zero-order chi connectivity index (χ0) is 11.3. The molecule has 0 aliphatic rings. The number of hydrogen-bond donors (Lipinski definition) is 1. The van der Waals surface area contributed by atoms with E-state index in [0.717, 1.165) is 0 Å². The van der Waals surface area contributed by atoms with Gasteiger partial charge in [-0.1, -0.05) is 0 Å². The Morgan fingerprint density at radius 3 is 3.00 bits per heavy atom. The summed E-state index contributed by atoms with van der Waals surface area (Å²) in [5, 5.41) is 2.58. The lowest BCUT2D eigenvalue weighted by molar-refractivity contribution is -0.117. The summed E-state index contributed by atoms with van der Waals surface area (Å²) in [4.78, 5) is 11.3. The van der Waals surface area contributed by atoms with Crippen LogP contribution in [0.5, 0.6) is 0 Å². The second-order valence-corrected chi connectivity index (χ2v) is 3.77. The molecule has 0 bridgehead atoms. The number of carbonyl (C=O) groups is 1. The third-order valence-corrected chi connectivity index (χ3v) is 2.43. The summed E-state index contributed by atoms with van der Waals surface area (Å²) >= 11 is 3.21. The highest BCUT2D eigenvalue weighted by Gasteiger charge is 2.06. The van der Waals surface area contributed by atoms with Crippen molar-refractivity contribution >= 4 is 27.5 Å². The smallest absolute Gasteiger partial charge is 0.226 e. The molecule has 0 fully saturated rings. The van der Waals surface area contributed by atoms with Crippen LogP contribution in [0.2, 0.25) is 0 Å². The van der Waals surface area contributed by atoms with E-state index in [1.54, 1.807) is 6.07 Å². The van der Waals surface area contributed by atoms with Crippen molar-refractivity contribution in [2.24, 2.45) is 0 Å². The largest absolute Gasteiger partial charge is 0.384 e. The molecule has 0 spiro atoms. The molecule has 82 valence electrons. The van der Waals surface area contributed by atoms with Gasteiger partial charge in [0.2, 0.25) is 5.91 Å². The normalized spacial score (nSPS) is 10.1. The highest BCUT2D eigenvalue weighted by Crippen LogP contribution is 2.22. The topological polar surface area (TPSA) is 38.3 Å². The quantitative estimate of drug-likeness (QED) is 0.917. The number of anilines is 1. The molecular formula is C10H11BrFNO2. The van der Waals surface area contributed by atoms with Crippen LogP contribution in [-0.4, -0.2) is 19.6 Å². The molecule has 0 aromatic heterocycles. The molecule has 1 N–H and O–H groups in total. The fourth-order valence-corrected chi connectivity index (χ4v) is 1.35. The first-order valence-electron chi connectivity index (χ1n) is 4.37. The minimum Gasteiger partial charge on any atom is -0.384 e. The predicted octanol–water partition coefficient (Wildman–Crippen LogP) is 2.56. The van der Waals surface area contributed by atoms with E-state index in [0.29, 0.717) is 16.8 Å². The van der Waals surface area contributed by atoms with Gasteiger partial charge in [-0.25, -0.2) is 4.39 Å². The van der Waals surface area contributed by atoms with E-state index in [-0.39, 0.29) is 18.1 Å². The van der Waals surface area contributed by atoms with Crippen molar-refractivity contribution in [1.82, 2.24) is 0 Å². The molecule has 5 heteroatoms. The van der Waals surface area contributed by atoms with Crippen molar-refractivity contribution in [3.05, 3.63) is 28.5 Å². The van der Waals surface area contributed by atoms with Gasteiger partial charge in [0.25, 0.3) is 0 Å². The first kappa shape index (κ1) is 12.1. The van der Waals surface area contributed by atoms with Gasteiger partial charge in [0.15, 0.2) is 0 Å². The first-order chi connectivity index (χ1) is 7.13. The van der Waals surface area contributed by atoms with Crippen molar-refractivity contribution in [1.29, 1.82) is 0 Å². The fraction of sp³-hybridized carbons (Fsp3) is 0.300. The summed E-state index contributed by atoms with van der Waals surface area (Å²) in [6.45, 7) is 0.346. The lowest BCUT2D eigenvalue weighted by Crippen LogP contribution is -2.14. The van der Waals surface area contributed by atoms with Crippen molar-refractivity contribution in [3.63, 3.8) is 0 Å². The van der Waals surface area contributed by atoms with Crippen LogP contribution >= 0.6 is 15.9 Å². The maximum atomic E-state index is 12.9. The van der Waals surface area contributed by atoms with E-state index in [1.165, 1.54) is 19.2 Å². The highest BCUT2D eigenvalue weighted by atomic mass is 79.9. The number of nitrogens with one attached hydrogen (secondary N) is 1. The van der Waals surface area contributed by atoms with E-state index in [1.807, 2.05) is 0 Å². The van der Waals surface area contributed by atoms with Gasteiger partial charge in [-0.05, 0) is 34.1 Å². The van der Waals surface area contributed by atoms with Gasteiger partial charge in [0.05, 0.1) is 18.7 Å². The van der Waals surface area contributed by atoms with Crippen molar-refractivity contribution in [2.45, 2.75) is 6.42 Å². The SMILES string of the molecule is COCCC(=O)Nc1cc(F)ccc1Br. The van der Waals surface area contributed by atoms with Crippen molar-refractivity contribution in [3.8, 4) is 0 Å². The van der Waals surface area contributed by atoms with Gasteiger partial charge in [0, 0.05) is 11.6 Å². The van der Waals surface area contributed by atoms with Crippen LogP contribution in [0.15, 0.2) is 22.7 Å². The number of rotatable bonds is 4. The number of ether oxygens (including phenoxy) is 1. The standard InChI is InChI=1S/C10H11BrFNO2/c1-15-5-4-10(14)13-9-6-7(12)2-3-8(9)11/h2-3,6H,4-5H2,1H3,(H,13,14). The predicted molar refractivity (Wildman–Crippen MR) is 59.2 cm³/mol. The molecule has 0 saturated carbocycles. The Labute approximate surface area is 95.7 Å². The number of carbonyl (C=O) groups excluding carboxylic acids is 1. The Kier molecular flexibility index (Phi) is 4.71. The van der Waals surface area contributed by atoms with E-state index in [9.17, 15) is 9.18 Å². The molecule has 15 heavy (non-hydrogen) atoms. The second kappa shape index (κ2) is 5.82. The van der Waals surface area contributed by atoms with Crippen LogP contribution in [0.1, 0.15) is 6.42 Å². The summed E-state index contributed by atoms with van der Waals surface area (Å²) in [6, 6.07) is 4.12. The molecule has 0 atom stereocenters. The number of amides is 1. The van der Waals surface area contributed by atoms with Gasteiger partial charge in [-0.2, -0.15) is 0 Å². The molecule has 0 aliphatic heterocycles. The summed E-state index contributed by atoms with van der Waals surface area (Å²) in [7, 11) is 1.52. The first-order valence-corrected chi connectivity index (χ1v) is 5.16. The molecule has 0 unspecified atom stereocenters. The van der Waals surface area contributed by atoms with Gasteiger partial charge >= 0.3 is 0 Å². The summed E-state index contributed by atoms with van der Waals surface area (Å²) < 4.78 is 18.3. The van der Waals surface area contributed by atoms with Crippen LogP contribution < -0.4 is 5.32 Å². The third-order valence-electron chi connectivity index (χ3n) is 1.74. The maximum absolute atomic E-state index is 12.9. The average Bonchev–Trinajstić information content (AvgIpc) is 2.20. The van der Waals surface area contributed by atoms with Crippen LogP contribution in [0, 0.1) is 5.82 Å². The number of hydrogen-bond acceptors (Lipinski definition) is 2. The van der Waals surface area contributed by atoms with Crippen molar-refractivity contribution < 1.29 is 13.9 Å². The number of methoxy groups -OCH3 is 1. The summed E-state index contributed by atoms with van der Waals surface area (Å²) in [6.07, 6.45) is 0.249. The molecule has 0 aliphatic carbocycles. The monoisotopic (exact) mass is 275 g/mol. The van der Waals surface area contributed by atoms with E-state index >= 15 is 0 Å². The number of halogens is 2. The lowest BCUT2D eigenvalue weighted by atomic mass is 10.3. The minimum absolute atomic E-state index is 0.205. The minimum atomic E-state index is -0.389. The second-order valence-electron chi connectivity index (χ2n) is 2.92. The maximum Gasteiger partial charge on any atom is 0.226 e. The van der Waals surface area contributed by atoms with Crippen LogP contribution in [0.3, 0.4) is 0 Å². The average molecular weight is 276 g/mol. The van der Waals surface area contributed by atoms with Gasteiger partial charge in [0.1, 0.15) is 5.82 Å². The van der Waals surface area contributed by atoms with Gasteiger partial charge < -0.3 is 10.1 Å². The molecule has 1 aromatic carbocycles. The molecule has 0 saturated heterocycles. The molecule has 0 radical (unpaired) electrons. The molecule has 1 aromatic rings. The zero-order valence-corrected chi connectivity index (χ0v) is 9.80. The molecule has 1 rings (SSSR count). The molecule has 1 amide bonds. The Morgan fingerprint density at radius 2 is 2.33 bits per heavy atom. The van der Waals surface area contributed by atoms with Crippen molar-refractivity contribution in [2.75, 3.05) is 19.0 Å². The highest BCUT2D eigenvalue weighted by molar-refractivity contribution is 9.10. The Morgan fingerprint density at radius 1 is 1.60 bits per heavy atom. The van der Waals surface area contributed by atoms with Crippen LogP contribution in [0.4, 0.5) is 10.1 Å². The number of benzene rings is 1. The van der Waals surface area contributed by atoms with E-state index in [2.05, 4.69) is 21.2 Å². The Hall–Kier alpha value is -0.940. The fourth-order valence-electron chi connectivity index (χ4n) is 1.00. The van der Waals surface area contributed by atoms with Crippen LogP contribution in [-0.2, 0) is 9.53 Å². The lowest BCUT2D eigenvalue weighted by Gasteiger charge is -2.06. The van der Waals surface area contributed by atoms with Gasteiger partial charge in [-0.3, -0.25) is 4.79 Å². The third kappa shape index (κ3) is 3.97. The summed E-state index contributed by atoms with van der Waals surface area (Å²) in [5.74, 6) is -0.594. The Bertz CT molecular complexity index is 357. The molecule has 0 heterocycles. The van der Waals surface area contributed by atoms with E-state index in [4.69, 9.17) is 4.74 Å². The van der Waals surface area contributed by atoms with E-state index < -0.39 is 0 Å².